The summed E-state index contributed by atoms with van der Waals surface area (Å²) in [6.07, 6.45) is 2.02. The largest absolute Gasteiger partial charge is 0.456 e. The van der Waals surface area contributed by atoms with E-state index < -0.39 is 0 Å². The fourth-order valence-corrected chi connectivity index (χ4v) is 4.37. The number of rotatable bonds is 4. The van der Waals surface area contributed by atoms with Crippen molar-refractivity contribution in [2.45, 2.75) is 4.90 Å². The van der Waals surface area contributed by atoms with Gasteiger partial charge >= 0.3 is 0 Å². The Bertz CT molecular complexity index is 1310. The van der Waals surface area contributed by atoms with Crippen LogP contribution in [0.15, 0.2) is 81.7 Å². The normalized spacial score (nSPS) is 14.4. The van der Waals surface area contributed by atoms with E-state index in [0.717, 1.165) is 43.1 Å². The van der Waals surface area contributed by atoms with Crippen molar-refractivity contribution in [1.29, 1.82) is 0 Å². The van der Waals surface area contributed by atoms with Crippen LogP contribution in [-0.2, 0) is 4.79 Å². The molecule has 5 rings (SSSR count). The number of hydroxylamine groups is 2. The van der Waals surface area contributed by atoms with Crippen molar-refractivity contribution in [3.05, 3.63) is 78.0 Å². The monoisotopic (exact) mass is 416 g/mol. The maximum absolute atomic E-state index is 13.4. The average Bonchev–Trinajstić information content (AvgIpc) is 3.31. The van der Waals surface area contributed by atoms with Crippen LogP contribution in [-0.4, -0.2) is 36.0 Å². The van der Waals surface area contributed by atoms with Crippen molar-refractivity contribution in [3.63, 3.8) is 0 Å². The Morgan fingerprint density at radius 2 is 1.73 bits per heavy atom. The van der Waals surface area contributed by atoms with E-state index >= 15 is 0 Å². The average molecular weight is 417 g/mol. The van der Waals surface area contributed by atoms with E-state index in [1.807, 2.05) is 73.0 Å². The van der Waals surface area contributed by atoms with Crippen molar-refractivity contribution in [1.82, 2.24) is 5.06 Å². The molecular weight excluding hydrogens is 396 g/mol. The molecular formula is C24H20N2O3S. The second kappa shape index (κ2) is 7.23. The summed E-state index contributed by atoms with van der Waals surface area (Å²) in [6, 6.07) is 21.5. The van der Waals surface area contributed by atoms with Gasteiger partial charge in [0.25, 0.3) is 5.91 Å². The first-order valence-electron chi connectivity index (χ1n) is 9.60. The number of thioether (sulfide) groups is 1. The molecule has 1 amide bonds. The summed E-state index contributed by atoms with van der Waals surface area (Å²) < 4.78 is 5.91. The standard InChI is InChI=1S/C24H20N2O3S/c1-25(28)20-14-26(16-8-10-17(30-2)11-9-16)24(27)23(20)15-7-12-22-19(13-15)18-5-3-4-6-21(18)29-22/h3-13,28H,14H2,1-2H3. The van der Waals surface area contributed by atoms with Gasteiger partial charge in [-0.15, -0.1) is 11.8 Å². The number of carbonyl (C=O) groups is 1. The highest BCUT2D eigenvalue weighted by Crippen LogP contribution is 2.36. The maximum atomic E-state index is 13.4. The van der Waals surface area contributed by atoms with E-state index in [-0.39, 0.29) is 5.91 Å². The zero-order valence-corrected chi connectivity index (χ0v) is 17.4. The number of carbonyl (C=O) groups excluding carboxylic acids is 1. The molecule has 0 radical (unpaired) electrons. The first-order chi connectivity index (χ1) is 14.6. The number of likely N-dealkylation sites (N-methyl/N-ethyl adjacent to an activating group) is 1. The molecule has 0 aliphatic carbocycles. The number of para-hydroxylation sites is 1. The van der Waals surface area contributed by atoms with Crippen LogP contribution >= 0.6 is 11.8 Å². The van der Waals surface area contributed by atoms with Crippen LogP contribution in [0.4, 0.5) is 5.69 Å². The maximum Gasteiger partial charge on any atom is 0.261 e. The van der Waals surface area contributed by atoms with Crippen molar-refractivity contribution in [2.75, 3.05) is 24.7 Å². The Morgan fingerprint density at radius 3 is 2.47 bits per heavy atom. The van der Waals surface area contributed by atoms with Gasteiger partial charge in [-0.2, -0.15) is 0 Å². The number of hydrogen-bond donors (Lipinski definition) is 1. The van der Waals surface area contributed by atoms with E-state index in [9.17, 15) is 10.0 Å². The molecule has 5 nitrogen and oxygen atoms in total. The predicted molar refractivity (Wildman–Crippen MR) is 121 cm³/mol. The number of nitrogens with zero attached hydrogens (tertiary/aromatic N) is 2. The summed E-state index contributed by atoms with van der Waals surface area (Å²) in [4.78, 5) is 16.2. The van der Waals surface area contributed by atoms with E-state index in [1.54, 1.807) is 23.7 Å². The summed E-state index contributed by atoms with van der Waals surface area (Å²) in [5, 5.41) is 13.3. The van der Waals surface area contributed by atoms with Gasteiger partial charge in [0.1, 0.15) is 11.2 Å². The van der Waals surface area contributed by atoms with Crippen molar-refractivity contribution in [2.24, 2.45) is 0 Å². The molecule has 0 unspecified atom stereocenters. The van der Waals surface area contributed by atoms with Gasteiger partial charge in [-0.05, 0) is 54.3 Å². The highest BCUT2D eigenvalue weighted by atomic mass is 32.2. The van der Waals surface area contributed by atoms with Gasteiger partial charge in [0.05, 0.1) is 17.8 Å². The van der Waals surface area contributed by atoms with Crippen molar-refractivity contribution in [3.8, 4) is 0 Å². The Kier molecular flexibility index (Phi) is 4.53. The van der Waals surface area contributed by atoms with Crippen LogP contribution < -0.4 is 4.90 Å². The number of anilines is 1. The van der Waals surface area contributed by atoms with Gasteiger partial charge in [0.2, 0.25) is 0 Å². The zero-order valence-electron chi connectivity index (χ0n) is 16.6. The molecule has 1 aliphatic rings. The van der Waals surface area contributed by atoms with Crippen LogP contribution in [0, 0.1) is 0 Å². The molecule has 6 heteroatoms. The molecule has 4 aromatic rings. The Hall–Kier alpha value is -3.22. The van der Waals surface area contributed by atoms with Crippen LogP contribution in [0.1, 0.15) is 5.56 Å². The van der Waals surface area contributed by atoms with Crippen LogP contribution in [0.5, 0.6) is 0 Å². The lowest BCUT2D eigenvalue weighted by molar-refractivity contribution is -0.112. The summed E-state index contributed by atoms with van der Waals surface area (Å²) >= 11 is 1.66. The van der Waals surface area contributed by atoms with Crippen molar-refractivity contribution >= 4 is 50.9 Å². The van der Waals surface area contributed by atoms with Crippen LogP contribution in [0.25, 0.3) is 27.5 Å². The molecule has 0 spiro atoms. The molecule has 0 bridgehead atoms. The molecule has 2 heterocycles. The SMILES string of the molecule is CSc1ccc(N2CC(N(C)O)=C(c3ccc4oc5ccccc5c4c3)C2=O)cc1. The molecule has 1 aromatic heterocycles. The van der Waals surface area contributed by atoms with Crippen LogP contribution in [0.2, 0.25) is 0 Å². The minimum absolute atomic E-state index is 0.130. The zero-order chi connectivity index (χ0) is 20.8. The van der Waals surface area contributed by atoms with E-state index in [0.29, 0.717) is 17.8 Å². The van der Waals surface area contributed by atoms with Gasteiger partial charge in [0, 0.05) is 28.4 Å². The molecule has 0 saturated heterocycles. The summed E-state index contributed by atoms with van der Waals surface area (Å²) in [5.74, 6) is -0.130. The predicted octanol–water partition coefficient (Wildman–Crippen LogP) is 5.39. The Balaban J connectivity index is 1.61. The molecule has 0 atom stereocenters. The van der Waals surface area contributed by atoms with Crippen molar-refractivity contribution < 1.29 is 14.4 Å². The topological polar surface area (TPSA) is 56.9 Å². The van der Waals surface area contributed by atoms with Crippen LogP contribution in [0.3, 0.4) is 0 Å². The lowest BCUT2D eigenvalue weighted by Gasteiger charge is -2.18. The first-order valence-corrected chi connectivity index (χ1v) is 10.8. The third kappa shape index (κ3) is 2.96. The first kappa shape index (κ1) is 18.8. The number of fused-ring (bicyclic) bond motifs is 3. The second-order valence-corrected chi connectivity index (χ2v) is 8.12. The molecule has 0 fully saturated rings. The molecule has 30 heavy (non-hydrogen) atoms. The third-order valence-corrected chi connectivity index (χ3v) is 6.24. The number of hydrogen-bond acceptors (Lipinski definition) is 5. The minimum Gasteiger partial charge on any atom is -0.456 e. The van der Waals surface area contributed by atoms with Gasteiger partial charge in [-0.3, -0.25) is 15.1 Å². The van der Waals surface area contributed by atoms with Gasteiger partial charge in [-0.1, -0.05) is 24.3 Å². The molecule has 3 aromatic carbocycles. The lowest BCUT2D eigenvalue weighted by Crippen LogP contribution is -2.27. The number of benzene rings is 3. The molecule has 1 N–H and O–H groups in total. The van der Waals surface area contributed by atoms with E-state index in [4.69, 9.17) is 4.42 Å². The second-order valence-electron chi connectivity index (χ2n) is 7.24. The van der Waals surface area contributed by atoms with E-state index in [1.165, 1.54) is 0 Å². The van der Waals surface area contributed by atoms with Gasteiger partial charge < -0.3 is 9.32 Å². The van der Waals surface area contributed by atoms with E-state index in [2.05, 4.69) is 0 Å². The summed E-state index contributed by atoms with van der Waals surface area (Å²) in [7, 11) is 1.55. The number of furan rings is 1. The fourth-order valence-electron chi connectivity index (χ4n) is 3.97. The van der Waals surface area contributed by atoms with Gasteiger partial charge in [-0.25, -0.2) is 0 Å². The quantitative estimate of drug-likeness (QED) is 0.357. The fraction of sp³-hybridized carbons (Fsp3) is 0.125. The molecule has 0 saturated carbocycles. The summed E-state index contributed by atoms with van der Waals surface area (Å²) in [5.41, 5.74) is 4.23. The molecule has 1 aliphatic heterocycles. The third-order valence-electron chi connectivity index (χ3n) is 5.50. The Labute approximate surface area is 178 Å². The highest BCUT2D eigenvalue weighted by Gasteiger charge is 2.34. The lowest BCUT2D eigenvalue weighted by atomic mass is 10.0. The highest BCUT2D eigenvalue weighted by molar-refractivity contribution is 7.98. The smallest absolute Gasteiger partial charge is 0.261 e. The number of amides is 1. The summed E-state index contributed by atoms with van der Waals surface area (Å²) in [6.45, 7) is 0.309. The molecule has 150 valence electrons. The minimum atomic E-state index is -0.130. The Morgan fingerprint density at radius 1 is 1.00 bits per heavy atom. The van der Waals surface area contributed by atoms with Gasteiger partial charge in [0.15, 0.2) is 0 Å².